The summed E-state index contributed by atoms with van der Waals surface area (Å²) in [4.78, 5) is 25.0. The Labute approximate surface area is 135 Å². The molecule has 0 amide bonds. The number of H-pyrrole nitrogens is 1. The molecule has 24 heavy (non-hydrogen) atoms. The lowest BCUT2D eigenvalue weighted by Crippen LogP contribution is -2.15. The Balaban J connectivity index is 2.29. The van der Waals surface area contributed by atoms with Gasteiger partial charge in [0.05, 0.1) is 17.7 Å². The molecule has 0 bridgehead atoms. The minimum atomic E-state index is -0.727. The summed E-state index contributed by atoms with van der Waals surface area (Å²) < 4.78 is 5.16. The highest BCUT2D eigenvalue weighted by Crippen LogP contribution is 2.36. The van der Waals surface area contributed by atoms with Gasteiger partial charge >= 0.3 is 11.4 Å². The SMILES string of the molecule is CCOc1cc(C=NNc2nc(=O)[nH]nc2C)cc([N+](=O)[O-])c1O. The zero-order chi connectivity index (χ0) is 17.7. The fourth-order valence-corrected chi connectivity index (χ4v) is 1.76. The number of ether oxygens (including phenoxy) is 1. The van der Waals surface area contributed by atoms with Crippen molar-refractivity contribution in [1.82, 2.24) is 15.2 Å². The molecule has 0 aliphatic rings. The molecule has 3 N–H and O–H groups in total. The standard InChI is InChI=1S/C13H14N6O5/c1-3-24-10-5-8(4-9(11(10)20)19(22)23)6-14-17-12-7(2)16-18-13(21)15-12/h4-6,20H,3H2,1-2H3,(H2,15,17,18,21). The molecule has 0 aliphatic heterocycles. The largest absolute Gasteiger partial charge is 0.500 e. The number of aromatic amines is 1. The summed E-state index contributed by atoms with van der Waals surface area (Å²) >= 11 is 0. The van der Waals surface area contributed by atoms with Crippen molar-refractivity contribution in [3.05, 3.63) is 44.0 Å². The van der Waals surface area contributed by atoms with Gasteiger partial charge in [0, 0.05) is 11.6 Å². The predicted molar refractivity (Wildman–Crippen MR) is 84.5 cm³/mol. The lowest BCUT2D eigenvalue weighted by Gasteiger charge is -2.07. The van der Waals surface area contributed by atoms with Crippen molar-refractivity contribution in [3.63, 3.8) is 0 Å². The Morgan fingerprint density at radius 3 is 2.96 bits per heavy atom. The number of phenolic OH excluding ortho intramolecular Hbond substituents is 1. The minimum Gasteiger partial charge on any atom is -0.500 e. The van der Waals surface area contributed by atoms with Crippen LogP contribution in [0.4, 0.5) is 11.5 Å². The van der Waals surface area contributed by atoms with Gasteiger partial charge in [0.25, 0.3) is 0 Å². The van der Waals surface area contributed by atoms with E-state index in [1.54, 1.807) is 13.8 Å². The highest BCUT2D eigenvalue weighted by Gasteiger charge is 2.19. The summed E-state index contributed by atoms with van der Waals surface area (Å²) in [5.74, 6) is -0.433. The van der Waals surface area contributed by atoms with E-state index in [0.29, 0.717) is 11.3 Å². The first-order valence-corrected chi connectivity index (χ1v) is 6.79. The van der Waals surface area contributed by atoms with Crippen LogP contribution in [0.15, 0.2) is 22.0 Å². The van der Waals surface area contributed by atoms with Crippen LogP contribution in [0.25, 0.3) is 0 Å². The zero-order valence-electron chi connectivity index (χ0n) is 12.8. The van der Waals surface area contributed by atoms with Gasteiger partial charge < -0.3 is 9.84 Å². The maximum absolute atomic E-state index is 11.1. The second-order valence-corrected chi connectivity index (χ2v) is 4.52. The highest BCUT2D eigenvalue weighted by atomic mass is 16.6. The molecule has 1 aromatic heterocycles. The molecule has 1 heterocycles. The summed E-state index contributed by atoms with van der Waals surface area (Å²) in [6, 6.07) is 2.53. The molecule has 0 fully saturated rings. The number of benzene rings is 1. The minimum absolute atomic E-state index is 0.0275. The molecule has 2 aromatic rings. The third kappa shape index (κ3) is 3.82. The molecule has 0 atom stereocenters. The fraction of sp³-hybridized carbons (Fsp3) is 0.231. The van der Waals surface area contributed by atoms with E-state index in [4.69, 9.17) is 4.74 Å². The number of phenols is 1. The first-order chi connectivity index (χ1) is 11.4. The Bertz CT molecular complexity index is 847. The topological polar surface area (TPSA) is 156 Å². The molecular weight excluding hydrogens is 320 g/mol. The summed E-state index contributed by atoms with van der Waals surface area (Å²) in [7, 11) is 0. The van der Waals surface area contributed by atoms with Crippen LogP contribution in [-0.4, -0.2) is 38.0 Å². The molecule has 0 radical (unpaired) electrons. The number of aromatic hydroxyl groups is 1. The first kappa shape index (κ1) is 16.9. The van der Waals surface area contributed by atoms with E-state index in [2.05, 4.69) is 25.7 Å². The lowest BCUT2D eigenvalue weighted by atomic mass is 10.2. The molecule has 11 nitrogen and oxygen atoms in total. The van der Waals surface area contributed by atoms with E-state index in [-0.39, 0.29) is 18.2 Å². The van der Waals surface area contributed by atoms with Gasteiger partial charge in [-0.2, -0.15) is 15.2 Å². The van der Waals surface area contributed by atoms with E-state index in [9.17, 15) is 20.0 Å². The van der Waals surface area contributed by atoms with E-state index >= 15 is 0 Å². The van der Waals surface area contributed by atoms with Crippen LogP contribution in [0.1, 0.15) is 18.2 Å². The van der Waals surface area contributed by atoms with Crippen molar-refractivity contribution in [1.29, 1.82) is 0 Å². The van der Waals surface area contributed by atoms with Crippen molar-refractivity contribution in [3.8, 4) is 11.5 Å². The summed E-state index contributed by atoms with van der Waals surface area (Å²) in [5.41, 5.74) is 2.10. The number of hydrogen-bond donors (Lipinski definition) is 3. The number of nitrogens with zero attached hydrogens (tertiary/aromatic N) is 4. The number of nitro groups is 1. The smallest absolute Gasteiger partial charge is 0.363 e. The Morgan fingerprint density at radius 1 is 1.54 bits per heavy atom. The van der Waals surface area contributed by atoms with Crippen LogP contribution in [0.5, 0.6) is 11.5 Å². The van der Waals surface area contributed by atoms with Gasteiger partial charge in [0.15, 0.2) is 11.6 Å². The van der Waals surface area contributed by atoms with Crippen molar-refractivity contribution < 1.29 is 14.8 Å². The van der Waals surface area contributed by atoms with Crippen LogP contribution in [0.3, 0.4) is 0 Å². The van der Waals surface area contributed by atoms with Gasteiger partial charge in [-0.25, -0.2) is 9.89 Å². The van der Waals surface area contributed by atoms with Crippen LogP contribution < -0.4 is 15.9 Å². The average Bonchev–Trinajstić information content (AvgIpc) is 2.53. The first-order valence-electron chi connectivity index (χ1n) is 6.79. The molecule has 0 saturated carbocycles. The van der Waals surface area contributed by atoms with Gasteiger partial charge in [-0.3, -0.25) is 15.5 Å². The second kappa shape index (κ2) is 7.17. The van der Waals surface area contributed by atoms with Crippen LogP contribution in [0.2, 0.25) is 0 Å². The van der Waals surface area contributed by atoms with Gasteiger partial charge in [-0.15, -0.1) is 0 Å². The summed E-state index contributed by atoms with van der Waals surface area (Å²) in [6.45, 7) is 3.52. The number of nitrogens with one attached hydrogen (secondary N) is 2. The molecule has 126 valence electrons. The molecule has 0 aliphatic carbocycles. The fourth-order valence-electron chi connectivity index (χ4n) is 1.76. The highest BCUT2D eigenvalue weighted by molar-refractivity contribution is 5.83. The third-order valence-electron chi connectivity index (χ3n) is 2.83. The Morgan fingerprint density at radius 2 is 2.29 bits per heavy atom. The van der Waals surface area contributed by atoms with Crippen molar-refractivity contribution in [2.45, 2.75) is 13.8 Å². The average molecular weight is 334 g/mol. The lowest BCUT2D eigenvalue weighted by molar-refractivity contribution is -0.386. The number of aryl methyl sites for hydroxylation is 1. The van der Waals surface area contributed by atoms with E-state index in [1.165, 1.54) is 12.3 Å². The zero-order valence-corrected chi connectivity index (χ0v) is 12.8. The molecule has 0 unspecified atom stereocenters. The number of anilines is 1. The van der Waals surface area contributed by atoms with Gasteiger partial charge in [-0.05, 0) is 19.9 Å². The number of rotatable bonds is 6. The number of nitro benzene ring substituents is 1. The van der Waals surface area contributed by atoms with Crippen LogP contribution in [0, 0.1) is 17.0 Å². The molecule has 11 heteroatoms. The van der Waals surface area contributed by atoms with Gasteiger partial charge in [-0.1, -0.05) is 0 Å². The van der Waals surface area contributed by atoms with Crippen LogP contribution >= 0.6 is 0 Å². The molecule has 1 aromatic carbocycles. The monoisotopic (exact) mass is 334 g/mol. The van der Waals surface area contributed by atoms with Gasteiger partial charge in [0.2, 0.25) is 5.75 Å². The second-order valence-electron chi connectivity index (χ2n) is 4.52. The number of hydrazone groups is 1. The van der Waals surface area contributed by atoms with Gasteiger partial charge in [0.1, 0.15) is 5.69 Å². The van der Waals surface area contributed by atoms with Crippen molar-refractivity contribution >= 4 is 17.7 Å². The maximum atomic E-state index is 11.1. The maximum Gasteiger partial charge on any atom is 0.363 e. The van der Waals surface area contributed by atoms with Crippen LogP contribution in [-0.2, 0) is 0 Å². The predicted octanol–water partition coefficient (Wildman–Crippen LogP) is 0.932. The Hall–Kier alpha value is -3.50. The van der Waals surface area contributed by atoms with E-state index in [1.807, 2.05) is 0 Å². The quantitative estimate of drug-likeness (QED) is 0.400. The van der Waals surface area contributed by atoms with E-state index in [0.717, 1.165) is 6.07 Å². The summed E-state index contributed by atoms with van der Waals surface area (Å²) in [6.07, 6.45) is 1.26. The molecular formula is C13H14N6O5. The third-order valence-corrected chi connectivity index (χ3v) is 2.83. The molecule has 2 rings (SSSR count). The Kier molecular flexibility index (Phi) is 5.04. The van der Waals surface area contributed by atoms with E-state index < -0.39 is 22.0 Å². The molecule has 0 saturated heterocycles. The number of hydrogen-bond acceptors (Lipinski definition) is 9. The molecule has 0 spiro atoms. The summed E-state index contributed by atoms with van der Waals surface area (Å²) in [5, 5.41) is 30.5. The number of aromatic nitrogens is 3. The normalized spacial score (nSPS) is 10.8. The van der Waals surface area contributed by atoms with Crippen molar-refractivity contribution in [2.24, 2.45) is 5.10 Å². The van der Waals surface area contributed by atoms with Crippen molar-refractivity contribution in [2.75, 3.05) is 12.0 Å².